The first kappa shape index (κ1) is 29.8. The number of nitrogens with one attached hydrogen (secondary N) is 1. The van der Waals surface area contributed by atoms with E-state index >= 15 is 0 Å². The Labute approximate surface area is 242 Å². The first-order valence-corrected chi connectivity index (χ1v) is 14.2. The molecule has 0 atom stereocenters. The molecule has 8 heteroatoms. The van der Waals surface area contributed by atoms with Gasteiger partial charge < -0.3 is 28.8 Å². The number of para-hydroxylation sites is 2. The molecule has 41 heavy (non-hydrogen) atoms. The number of methoxy groups -OCH3 is 3. The number of fused-ring (bicyclic) bond motifs is 1. The van der Waals surface area contributed by atoms with Crippen molar-refractivity contribution in [3.05, 3.63) is 77.1 Å². The standard InChI is InChI=1S/C33H41N3O5/c1-23-13-11-16-28(24(23)2)41-20-12-19-36-27-15-9-8-14-26(27)35-31(36)17-7-6-10-18-34-33(37)25-21-29(38-3)32(40-5)30(22-25)39-4/h8-9,11,13-16,21-22H,6-7,10,12,17-20H2,1-5H3,(H,34,37). The minimum absolute atomic E-state index is 0.172. The summed E-state index contributed by atoms with van der Waals surface area (Å²) in [6.45, 7) is 6.30. The number of benzene rings is 3. The van der Waals surface area contributed by atoms with Gasteiger partial charge in [-0.15, -0.1) is 0 Å². The largest absolute Gasteiger partial charge is 0.493 e. The van der Waals surface area contributed by atoms with Crippen molar-refractivity contribution in [2.75, 3.05) is 34.5 Å². The summed E-state index contributed by atoms with van der Waals surface area (Å²) in [7, 11) is 4.61. The van der Waals surface area contributed by atoms with E-state index in [0.717, 1.165) is 61.3 Å². The van der Waals surface area contributed by atoms with Crippen LogP contribution in [-0.4, -0.2) is 49.9 Å². The molecule has 4 rings (SSSR count). The van der Waals surface area contributed by atoms with Crippen LogP contribution in [0.1, 0.15) is 53.0 Å². The van der Waals surface area contributed by atoms with Gasteiger partial charge in [-0.25, -0.2) is 4.98 Å². The highest BCUT2D eigenvalue weighted by Crippen LogP contribution is 2.38. The van der Waals surface area contributed by atoms with Gasteiger partial charge in [-0.05, 0) is 74.6 Å². The maximum Gasteiger partial charge on any atom is 0.251 e. The van der Waals surface area contributed by atoms with E-state index in [9.17, 15) is 4.79 Å². The zero-order valence-electron chi connectivity index (χ0n) is 24.8. The van der Waals surface area contributed by atoms with Gasteiger partial charge in [0.2, 0.25) is 5.75 Å². The number of imidazole rings is 1. The van der Waals surface area contributed by atoms with Crippen molar-refractivity contribution in [1.82, 2.24) is 14.9 Å². The van der Waals surface area contributed by atoms with Gasteiger partial charge in [0.25, 0.3) is 5.91 Å². The summed E-state index contributed by atoms with van der Waals surface area (Å²) in [4.78, 5) is 17.7. The van der Waals surface area contributed by atoms with Crippen molar-refractivity contribution in [1.29, 1.82) is 0 Å². The number of carbonyl (C=O) groups is 1. The van der Waals surface area contributed by atoms with E-state index in [0.29, 0.717) is 36.0 Å². The third-order valence-electron chi connectivity index (χ3n) is 7.36. The molecule has 0 spiro atoms. The van der Waals surface area contributed by atoms with Crippen LogP contribution in [0.15, 0.2) is 54.6 Å². The number of hydrogen-bond acceptors (Lipinski definition) is 6. The van der Waals surface area contributed by atoms with Crippen molar-refractivity contribution >= 4 is 16.9 Å². The minimum Gasteiger partial charge on any atom is -0.493 e. The molecule has 0 fully saturated rings. The van der Waals surface area contributed by atoms with Crippen molar-refractivity contribution in [3.8, 4) is 23.0 Å². The molecule has 0 saturated heterocycles. The molecule has 0 bridgehead atoms. The minimum atomic E-state index is -0.172. The summed E-state index contributed by atoms with van der Waals surface area (Å²) in [5.74, 6) is 3.26. The van der Waals surface area contributed by atoms with Crippen molar-refractivity contribution in [2.24, 2.45) is 0 Å². The molecule has 0 aliphatic rings. The summed E-state index contributed by atoms with van der Waals surface area (Å²) < 4.78 is 24.5. The van der Waals surface area contributed by atoms with Gasteiger partial charge in [-0.1, -0.05) is 30.7 Å². The average molecular weight is 560 g/mol. The Bertz CT molecular complexity index is 1440. The molecule has 0 aliphatic carbocycles. The molecule has 0 unspecified atom stereocenters. The Kier molecular flexibility index (Phi) is 10.5. The van der Waals surface area contributed by atoms with Crippen LogP contribution < -0.4 is 24.3 Å². The molecule has 8 nitrogen and oxygen atoms in total. The number of aromatic nitrogens is 2. The number of amides is 1. The fourth-order valence-electron chi connectivity index (χ4n) is 4.95. The second kappa shape index (κ2) is 14.4. The Hall–Kier alpha value is -4.20. The predicted molar refractivity (Wildman–Crippen MR) is 162 cm³/mol. The highest BCUT2D eigenvalue weighted by molar-refractivity contribution is 5.95. The van der Waals surface area contributed by atoms with E-state index in [-0.39, 0.29) is 5.91 Å². The molecule has 218 valence electrons. The van der Waals surface area contributed by atoms with E-state index in [1.54, 1.807) is 12.1 Å². The number of ether oxygens (including phenoxy) is 4. The molecule has 1 aromatic heterocycles. The van der Waals surface area contributed by atoms with Gasteiger partial charge in [-0.2, -0.15) is 0 Å². The summed E-state index contributed by atoms with van der Waals surface area (Å²) in [6.07, 6.45) is 4.62. The van der Waals surface area contributed by atoms with Crippen LogP contribution >= 0.6 is 0 Å². The summed E-state index contributed by atoms with van der Waals surface area (Å²) in [5.41, 5.74) is 5.09. The van der Waals surface area contributed by atoms with Gasteiger partial charge in [0, 0.05) is 25.1 Å². The predicted octanol–water partition coefficient (Wildman–Crippen LogP) is 6.29. The zero-order chi connectivity index (χ0) is 29.2. The van der Waals surface area contributed by atoms with Crippen LogP contribution in [0.2, 0.25) is 0 Å². The first-order valence-electron chi connectivity index (χ1n) is 14.2. The van der Waals surface area contributed by atoms with Crippen LogP contribution in [0.3, 0.4) is 0 Å². The van der Waals surface area contributed by atoms with E-state index in [4.69, 9.17) is 23.9 Å². The molecule has 0 aliphatic heterocycles. The number of carbonyl (C=O) groups excluding carboxylic acids is 1. The Balaban J connectivity index is 1.27. The van der Waals surface area contributed by atoms with Crippen molar-refractivity contribution < 1.29 is 23.7 Å². The highest BCUT2D eigenvalue weighted by atomic mass is 16.5. The molecule has 4 aromatic rings. The van der Waals surface area contributed by atoms with Crippen LogP contribution in [-0.2, 0) is 13.0 Å². The van der Waals surface area contributed by atoms with E-state index in [1.807, 2.05) is 18.2 Å². The van der Waals surface area contributed by atoms with Gasteiger partial charge in [0.1, 0.15) is 11.6 Å². The summed E-state index contributed by atoms with van der Waals surface area (Å²) in [6, 6.07) is 17.8. The molecule has 1 N–H and O–H groups in total. The lowest BCUT2D eigenvalue weighted by Crippen LogP contribution is -2.24. The molecule has 0 saturated carbocycles. The van der Waals surface area contributed by atoms with E-state index < -0.39 is 0 Å². The number of aryl methyl sites for hydroxylation is 3. The number of unbranched alkanes of at least 4 members (excludes halogenated alkanes) is 2. The zero-order valence-corrected chi connectivity index (χ0v) is 24.8. The number of rotatable bonds is 15. The Morgan fingerprint density at radius 1 is 0.854 bits per heavy atom. The van der Waals surface area contributed by atoms with Crippen LogP contribution in [0, 0.1) is 13.8 Å². The summed E-state index contributed by atoms with van der Waals surface area (Å²) in [5, 5.41) is 3.00. The smallest absolute Gasteiger partial charge is 0.251 e. The van der Waals surface area contributed by atoms with Gasteiger partial charge in [0.05, 0.1) is 39.0 Å². The molecule has 3 aromatic carbocycles. The third kappa shape index (κ3) is 7.31. The molecule has 1 amide bonds. The first-order chi connectivity index (χ1) is 20.0. The quantitative estimate of drug-likeness (QED) is 0.172. The van der Waals surface area contributed by atoms with Gasteiger partial charge >= 0.3 is 0 Å². The van der Waals surface area contributed by atoms with Crippen molar-refractivity contribution in [3.63, 3.8) is 0 Å². The lowest BCUT2D eigenvalue weighted by molar-refractivity contribution is 0.0952. The lowest BCUT2D eigenvalue weighted by atomic mass is 10.1. The average Bonchev–Trinajstić information content (AvgIpc) is 3.35. The monoisotopic (exact) mass is 559 g/mol. The van der Waals surface area contributed by atoms with Crippen LogP contribution in [0.25, 0.3) is 11.0 Å². The fraction of sp³-hybridized carbons (Fsp3) is 0.394. The van der Waals surface area contributed by atoms with Gasteiger partial charge in [0.15, 0.2) is 11.5 Å². The van der Waals surface area contributed by atoms with E-state index in [1.165, 1.54) is 32.5 Å². The number of hydrogen-bond donors (Lipinski definition) is 1. The topological polar surface area (TPSA) is 83.8 Å². The molecular weight excluding hydrogens is 518 g/mol. The lowest BCUT2D eigenvalue weighted by Gasteiger charge is -2.14. The highest BCUT2D eigenvalue weighted by Gasteiger charge is 2.17. The normalized spacial score (nSPS) is 11.0. The van der Waals surface area contributed by atoms with Crippen LogP contribution in [0.4, 0.5) is 0 Å². The molecule has 0 radical (unpaired) electrons. The second-order valence-corrected chi connectivity index (χ2v) is 10.0. The maximum absolute atomic E-state index is 12.7. The Morgan fingerprint density at radius 2 is 1.61 bits per heavy atom. The number of nitrogens with zero attached hydrogens (tertiary/aromatic N) is 2. The van der Waals surface area contributed by atoms with Gasteiger partial charge in [-0.3, -0.25) is 4.79 Å². The third-order valence-corrected chi connectivity index (χ3v) is 7.36. The molecule has 1 heterocycles. The van der Waals surface area contributed by atoms with Crippen LogP contribution in [0.5, 0.6) is 23.0 Å². The maximum atomic E-state index is 12.7. The fourth-order valence-corrected chi connectivity index (χ4v) is 4.95. The van der Waals surface area contributed by atoms with E-state index in [2.05, 4.69) is 48.0 Å². The second-order valence-electron chi connectivity index (χ2n) is 10.0. The summed E-state index contributed by atoms with van der Waals surface area (Å²) >= 11 is 0. The molecular formula is C33H41N3O5. The SMILES string of the molecule is COc1cc(C(=O)NCCCCCc2nc3ccccc3n2CCCOc2cccc(C)c2C)cc(OC)c1OC. The van der Waals surface area contributed by atoms with Crippen molar-refractivity contribution in [2.45, 2.75) is 52.5 Å². The Morgan fingerprint density at radius 3 is 2.34 bits per heavy atom.